The summed E-state index contributed by atoms with van der Waals surface area (Å²) in [5, 5.41) is 9.08. The fourth-order valence-corrected chi connectivity index (χ4v) is 2.41. The molecule has 0 spiro atoms. The lowest BCUT2D eigenvalue weighted by Crippen LogP contribution is -2.29. The van der Waals surface area contributed by atoms with Crippen molar-refractivity contribution in [2.75, 3.05) is 0 Å². The van der Waals surface area contributed by atoms with Gasteiger partial charge in [0.25, 0.3) is 0 Å². The molecule has 3 heteroatoms. The van der Waals surface area contributed by atoms with Gasteiger partial charge in [-0.15, -0.1) is 0 Å². The molecule has 0 N–H and O–H groups in total. The van der Waals surface area contributed by atoms with Gasteiger partial charge in [-0.25, -0.2) is 0 Å². The second-order valence-corrected chi connectivity index (χ2v) is 5.32. The molecule has 3 rings (SSSR count). The summed E-state index contributed by atoms with van der Waals surface area (Å²) in [4.78, 5) is 4.06. The average molecular weight is 262 g/mol. The first kappa shape index (κ1) is 12.4. The van der Waals surface area contributed by atoms with Gasteiger partial charge < -0.3 is 4.74 Å². The van der Waals surface area contributed by atoms with Crippen LogP contribution in [0.5, 0.6) is 5.75 Å². The van der Waals surface area contributed by atoms with Crippen molar-refractivity contribution in [3.8, 4) is 11.8 Å². The van der Waals surface area contributed by atoms with Gasteiger partial charge in [0.2, 0.25) is 0 Å². The molecule has 0 fully saturated rings. The van der Waals surface area contributed by atoms with Crippen LogP contribution in [0, 0.1) is 11.3 Å². The molecule has 1 aromatic carbocycles. The summed E-state index contributed by atoms with van der Waals surface area (Å²) < 4.78 is 5.97. The fourth-order valence-electron chi connectivity index (χ4n) is 2.41. The molecular weight excluding hydrogens is 248 g/mol. The second kappa shape index (κ2) is 4.50. The van der Waals surface area contributed by atoms with E-state index in [4.69, 9.17) is 10.00 Å². The zero-order chi connectivity index (χ0) is 14.2. The molecule has 0 amide bonds. The zero-order valence-corrected chi connectivity index (χ0v) is 11.4. The molecule has 2 heterocycles. The van der Waals surface area contributed by atoms with Crippen molar-refractivity contribution in [2.45, 2.75) is 19.4 Å². The Labute approximate surface area is 118 Å². The van der Waals surface area contributed by atoms with Crippen LogP contribution < -0.4 is 4.74 Å². The maximum Gasteiger partial charge on any atom is 0.128 e. The molecule has 98 valence electrons. The molecule has 0 saturated heterocycles. The van der Waals surface area contributed by atoms with E-state index in [2.05, 4.69) is 17.1 Å². The zero-order valence-electron chi connectivity index (χ0n) is 11.4. The van der Waals surface area contributed by atoms with Crippen LogP contribution in [0.2, 0.25) is 0 Å². The average Bonchev–Trinajstić information content (AvgIpc) is 2.46. The molecule has 0 saturated carbocycles. The van der Waals surface area contributed by atoms with Gasteiger partial charge in [-0.1, -0.05) is 0 Å². The molecule has 1 aliphatic rings. The highest BCUT2D eigenvalue weighted by Crippen LogP contribution is 2.39. The molecule has 0 radical (unpaired) electrons. The van der Waals surface area contributed by atoms with Crippen LogP contribution in [-0.2, 0) is 0 Å². The number of nitrogens with zero attached hydrogens (tertiary/aromatic N) is 2. The Morgan fingerprint density at radius 3 is 2.60 bits per heavy atom. The van der Waals surface area contributed by atoms with E-state index < -0.39 is 0 Å². The van der Waals surface area contributed by atoms with Crippen LogP contribution in [0.15, 0.2) is 48.8 Å². The number of aromatic nitrogens is 1. The van der Waals surface area contributed by atoms with E-state index >= 15 is 0 Å². The van der Waals surface area contributed by atoms with E-state index in [-0.39, 0.29) is 5.60 Å². The molecule has 0 atom stereocenters. The summed E-state index contributed by atoms with van der Waals surface area (Å²) in [5.74, 6) is 0.809. The van der Waals surface area contributed by atoms with Crippen molar-refractivity contribution in [3.63, 3.8) is 0 Å². The summed E-state index contributed by atoms with van der Waals surface area (Å²) >= 11 is 0. The minimum atomic E-state index is -0.375. The number of fused-ring (bicyclic) bond motifs is 1. The molecule has 2 aromatic rings. The number of benzene rings is 1. The van der Waals surface area contributed by atoms with Crippen LogP contribution in [0.3, 0.4) is 0 Å². The van der Waals surface area contributed by atoms with Gasteiger partial charge in [0.05, 0.1) is 11.6 Å². The smallest absolute Gasteiger partial charge is 0.128 e. The van der Waals surface area contributed by atoms with Crippen molar-refractivity contribution in [1.29, 1.82) is 5.26 Å². The Bertz CT molecular complexity index is 724. The summed E-state index contributed by atoms with van der Waals surface area (Å²) in [6, 6.07) is 11.6. The molecule has 0 bridgehead atoms. The monoisotopic (exact) mass is 262 g/mol. The number of rotatable bonds is 1. The fraction of sp³-hybridized carbons (Fsp3) is 0.176. The minimum Gasteiger partial charge on any atom is -0.483 e. The number of hydrogen-bond donors (Lipinski definition) is 0. The quantitative estimate of drug-likeness (QED) is 0.789. The molecule has 1 aromatic heterocycles. The van der Waals surface area contributed by atoms with Gasteiger partial charge in [-0.05, 0) is 61.4 Å². The summed E-state index contributed by atoms with van der Waals surface area (Å²) in [6.45, 7) is 4.05. The Morgan fingerprint density at radius 2 is 1.90 bits per heavy atom. The van der Waals surface area contributed by atoms with E-state index in [1.54, 1.807) is 18.5 Å². The van der Waals surface area contributed by atoms with Crippen molar-refractivity contribution in [2.24, 2.45) is 0 Å². The normalized spacial score (nSPS) is 15.6. The molecule has 20 heavy (non-hydrogen) atoms. The van der Waals surface area contributed by atoms with Gasteiger partial charge in [0.1, 0.15) is 11.4 Å². The highest BCUT2D eigenvalue weighted by molar-refractivity contribution is 5.85. The van der Waals surface area contributed by atoms with E-state index in [0.717, 1.165) is 22.4 Å². The van der Waals surface area contributed by atoms with Crippen molar-refractivity contribution < 1.29 is 4.74 Å². The first-order chi connectivity index (χ1) is 9.59. The van der Waals surface area contributed by atoms with E-state index in [1.807, 2.05) is 38.1 Å². The van der Waals surface area contributed by atoms with Crippen molar-refractivity contribution in [1.82, 2.24) is 4.98 Å². The van der Waals surface area contributed by atoms with Crippen LogP contribution in [0.4, 0.5) is 0 Å². The van der Waals surface area contributed by atoms with Gasteiger partial charge in [0.15, 0.2) is 0 Å². The largest absolute Gasteiger partial charge is 0.483 e. The van der Waals surface area contributed by atoms with Crippen molar-refractivity contribution in [3.05, 3.63) is 65.5 Å². The molecule has 0 aliphatic carbocycles. The topological polar surface area (TPSA) is 45.9 Å². The lowest BCUT2D eigenvalue weighted by atomic mass is 9.89. The third-order valence-corrected chi connectivity index (χ3v) is 3.26. The lowest BCUT2D eigenvalue weighted by Gasteiger charge is -2.31. The lowest BCUT2D eigenvalue weighted by molar-refractivity contribution is 0.158. The van der Waals surface area contributed by atoms with Crippen LogP contribution >= 0.6 is 0 Å². The van der Waals surface area contributed by atoms with Gasteiger partial charge in [-0.3, -0.25) is 4.98 Å². The van der Waals surface area contributed by atoms with Crippen LogP contribution in [-0.4, -0.2) is 10.6 Å². The number of hydrogen-bond acceptors (Lipinski definition) is 3. The van der Waals surface area contributed by atoms with Crippen LogP contribution in [0.1, 0.15) is 30.5 Å². The predicted octanol–water partition coefficient (Wildman–Crippen LogP) is 3.56. The van der Waals surface area contributed by atoms with Crippen molar-refractivity contribution >= 4 is 5.57 Å². The highest BCUT2D eigenvalue weighted by atomic mass is 16.5. The minimum absolute atomic E-state index is 0.375. The first-order valence-electron chi connectivity index (χ1n) is 6.46. The predicted molar refractivity (Wildman–Crippen MR) is 77.2 cm³/mol. The molecule has 1 aliphatic heterocycles. The van der Waals surface area contributed by atoms with E-state index in [0.29, 0.717) is 5.56 Å². The standard InChI is InChI=1S/C17H14N2O/c1-17(2)10-15(13-5-7-19-8-6-13)14-9-12(11-18)3-4-16(14)20-17/h3-10H,1-2H3. The summed E-state index contributed by atoms with van der Waals surface area (Å²) in [6.07, 6.45) is 5.63. The van der Waals surface area contributed by atoms with Gasteiger partial charge in [0, 0.05) is 18.0 Å². The first-order valence-corrected chi connectivity index (χ1v) is 6.46. The third kappa shape index (κ3) is 2.17. The highest BCUT2D eigenvalue weighted by Gasteiger charge is 2.27. The maximum atomic E-state index is 9.08. The van der Waals surface area contributed by atoms with Gasteiger partial charge in [-0.2, -0.15) is 5.26 Å². The Balaban J connectivity index is 2.22. The molecular formula is C17H14N2O. The van der Waals surface area contributed by atoms with E-state index in [1.165, 1.54) is 0 Å². The number of nitriles is 1. The Morgan fingerprint density at radius 1 is 1.15 bits per heavy atom. The molecule has 3 nitrogen and oxygen atoms in total. The van der Waals surface area contributed by atoms with Gasteiger partial charge >= 0.3 is 0 Å². The molecule has 0 unspecified atom stereocenters. The Kier molecular flexibility index (Phi) is 2.80. The number of ether oxygens (including phenoxy) is 1. The summed E-state index contributed by atoms with van der Waals surface area (Å²) in [7, 11) is 0. The summed E-state index contributed by atoms with van der Waals surface area (Å²) in [5.41, 5.74) is 3.37. The Hall–Kier alpha value is -2.60. The number of pyridine rings is 1. The maximum absolute atomic E-state index is 9.08. The third-order valence-electron chi connectivity index (χ3n) is 3.26. The SMILES string of the molecule is CC1(C)C=C(c2ccncc2)c2cc(C#N)ccc2O1. The van der Waals surface area contributed by atoms with Crippen LogP contribution in [0.25, 0.3) is 5.57 Å². The van der Waals surface area contributed by atoms with E-state index in [9.17, 15) is 0 Å². The second-order valence-electron chi connectivity index (χ2n) is 5.32.